The van der Waals surface area contributed by atoms with Gasteiger partial charge in [-0.2, -0.15) is 0 Å². The summed E-state index contributed by atoms with van der Waals surface area (Å²) in [5.41, 5.74) is 1.85. The number of benzene rings is 2. The monoisotopic (exact) mass is 408 g/mol. The molecule has 0 bridgehead atoms. The van der Waals surface area contributed by atoms with Gasteiger partial charge in [-0.05, 0) is 79.8 Å². The first-order valence-electron chi connectivity index (χ1n) is 11.7. The maximum Gasteiger partial charge on any atom is 0.343 e. The Hall–Kier alpha value is -2.29. The summed E-state index contributed by atoms with van der Waals surface area (Å²) in [6.45, 7) is 7.18. The minimum atomic E-state index is -0.271. The van der Waals surface area contributed by atoms with Crippen LogP contribution in [0, 0.1) is 11.8 Å². The largest absolute Gasteiger partial charge is 0.494 e. The minimum absolute atomic E-state index is 0.271. The molecule has 0 spiro atoms. The SMILES string of the molecule is CCCCCC1CCC(c2ccccc2C(=O)Oc2ccc(OCC)cc2)C(C)C1. The van der Waals surface area contributed by atoms with E-state index < -0.39 is 0 Å². The number of esters is 1. The van der Waals surface area contributed by atoms with Gasteiger partial charge in [0.15, 0.2) is 0 Å². The van der Waals surface area contributed by atoms with Crippen LogP contribution in [0.5, 0.6) is 11.5 Å². The molecule has 3 nitrogen and oxygen atoms in total. The Morgan fingerprint density at radius 2 is 1.70 bits per heavy atom. The predicted octanol–water partition coefficient (Wildman–Crippen LogP) is 7.40. The van der Waals surface area contributed by atoms with Crippen LogP contribution in [-0.2, 0) is 0 Å². The fraction of sp³-hybridized carbons (Fsp3) is 0.519. The number of unbranched alkanes of at least 4 members (excludes halogenated alkanes) is 2. The highest BCUT2D eigenvalue weighted by molar-refractivity contribution is 5.92. The van der Waals surface area contributed by atoms with E-state index in [1.807, 2.05) is 37.3 Å². The highest BCUT2D eigenvalue weighted by Gasteiger charge is 2.31. The zero-order chi connectivity index (χ0) is 21.3. The van der Waals surface area contributed by atoms with Crippen molar-refractivity contribution in [3.8, 4) is 11.5 Å². The standard InChI is InChI=1S/C27H36O3/c1-4-6-7-10-21-13-18-24(20(3)19-21)25-11-8-9-12-26(25)27(28)30-23-16-14-22(15-17-23)29-5-2/h8-9,11-12,14-17,20-21,24H,4-7,10,13,18-19H2,1-3H3. The molecule has 0 amide bonds. The highest BCUT2D eigenvalue weighted by Crippen LogP contribution is 2.43. The van der Waals surface area contributed by atoms with E-state index in [0.717, 1.165) is 23.7 Å². The molecular weight excluding hydrogens is 372 g/mol. The summed E-state index contributed by atoms with van der Waals surface area (Å²) in [4.78, 5) is 13.0. The number of carbonyl (C=O) groups excluding carboxylic acids is 1. The van der Waals surface area contributed by atoms with Gasteiger partial charge in [0, 0.05) is 0 Å². The van der Waals surface area contributed by atoms with Crippen molar-refractivity contribution in [1.82, 2.24) is 0 Å². The molecule has 1 fully saturated rings. The van der Waals surface area contributed by atoms with E-state index in [0.29, 0.717) is 29.8 Å². The fourth-order valence-electron chi connectivity index (χ4n) is 4.85. The van der Waals surface area contributed by atoms with E-state index in [9.17, 15) is 4.79 Å². The number of hydrogen-bond donors (Lipinski definition) is 0. The second-order valence-corrected chi connectivity index (χ2v) is 8.64. The van der Waals surface area contributed by atoms with E-state index in [2.05, 4.69) is 19.9 Å². The van der Waals surface area contributed by atoms with Crippen LogP contribution < -0.4 is 9.47 Å². The minimum Gasteiger partial charge on any atom is -0.494 e. The molecule has 2 aromatic carbocycles. The predicted molar refractivity (Wildman–Crippen MR) is 122 cm³/mol. The lowest BCUT2D eigenvalue weighted by Gasteiger charge is -2.35. The van der Waals surface area contributed by atoms with Gasteiger partial charge in [-0.25, -0.2) is 4.79 Å². The van der Waals surface area contributed by atoms with Crippen LogP contribution in [0.3, 0.4) is 0 Å². The van der Waals surface area contributed by atoms with Crippen molar-refractivity contribution in [2.75, 3.05) is 6.61 Å². The van der Waals surface area contributed by atoms with Gasteiger partial charge in [-0.1, -0.05) is 57.7 Å². The molecule has 162 valence electrons. The van der Waals surface area contributed by atoms with Crippen LogP contribution in [0.2, 0.25) is 0 Å². The van der Waals surface area contributed by atoms with E-state index in [1.54, 1.807) is 12.1 Å². The summed E-state index contributed by atoms with van der Waals surface area (Å²) < 4.78 is 11.2. The molecule has 1 saturated carbocycles. The molecule has 1 aliphatic rings. The Labute approximate surface area is 181 Å². The smallest absolute Gasteiger partial charge is 0.343 e. The zero-order valence-corrected chi connectivity index (χ0v) is 18.7. The maximum atomic E-state index is 13.0. The van der Waals surface area contributed by atoms with Crippen LogP contribution in [-0.4, -0.2) is 12.6 Å². The van der Waals surface area contributed by atoms with Crippen molar-refractivity contribution in [1.29, 1.82) is 0 Å². The van der Waals surface area contributed by atoms with Gasteiger partial charge in [-0.3, -0.25) is 0 Å². The third-order valence-corrected chi connectivity index (χ3v) is 6.42. The Balaban J connectivity index is 1.67. The lowest BCUT2D eigenvalue weighted by molar-refractivity contribution is 0.0731. The van der Waals surface area contributed by atoms with Crippen LogP contribution in [0.15, 0.2) is 48.5 Å². The number of hydrogen-bond acceptors (Lipinski definition) is 3. The Kier molecular flexibility index (Phi) is 8.36. The van der Waals surface area contributed by atoms with Crippen molar-refractivity contribution in [2.45, 2.75) is 71.6 Å². The van der Waals surface area contributed by atoms with Crippen LogP contribution in [0.1, 0.15) is 87.6 Å². The number of carbonyl (C=O) groups is 1. The Morgan fingerprint density at radius 3 is 2.40 bits per heavy atom. The molecule has 3 unspecified atom stereocenters. The molecule has 0 N–H and O–H groups in total. The van der Waals surface area contributed by atoms with Gasteiger partial charge in [0.2, 0.25) is 0 Å². The summed E-state index contributed by atoms with van der Waals surface area (Å²) in [6, 6.07) is 15.2. The molecule has 3 heteroatoms. The molecule has 0 heterocycles. The molecule has 2 aromatic rings. The van der Waals surface area contributed by atoms with Gasteiger partial charge in [-0.15, -0.1) is 0 Å². The lowest BCUT2D eigenvalue weighted by atomic mass is 9.70. The van der Waals surface area contributed by atoms with Crippen LogP contribution >= 0.6 is 0 Å². The van der Waals surface area contributed by atoms with Crippen molar-refractivity contribution in [2.24, 2.45) is 11.8 Å². The maximum absolute atomic E-state index is 13.0. The van der Waals surface area contributed by atoms with Crippen LogP contribution in [0.25, 0.3) is 0 Å². The number of ether oxygens (including phenoxy) is 2. The summed E-state index contributed by atoms with van der Waals surface area (Å²) in [7, 11) is 0. The first-order chi connectivity index (χ1) is 14.6. The summed E-state index contributed by atoms with van der Waals surface area (Å²) in [6.07, 6.45) is 9.02. The summed E-state index contributed by atoms with van der Waals surface area (Å²) >= 11 is 0. The average Bonchev–Trinajstić information content (AvgIpc) is 2.76. The van der Waals surface area contributed by atoms with E-state index in [1.165, 1.54) is 38.5 Å². The van der Waals surface area contributed by atoms with Gasteiger partial charge >= 0.3 is 5.97 Å². The molecule has 3 rings (SSSR count). The first-order valence-corrected chi connectivity index (χ1v) is 11.7. The van der Waals surface area contributed by atoms with Crippen LogP contribution in [0.4, 0.5) is 0 Å². The molecule has 30 heavy (non-hydrogen) atoms. The van der Waals surface area contributed by atoms with E-state index in [4.69, 9.17) is 9.47 Å². The second kappa shape index (κ2) is 11.2. The van der Waals surface area contributed by atoms with Crippen molar-refractivity contribution < 1.29 is 14.3 Å². The van der Waals surface area contributed by atoms with Crippen molar-refractivity contribution in [3.05, 3.63) is 59.7 Å². The molecular formula is C27H36O3. The Bertz CT molecular complexity index is 796. The third kappa shape index (κ3) is 5.87. The van der Waals surface area contributed by atoms with Gasteiger partial charge in [0.05, 0.1) is 12.2 Å². The number of rotatable bonds is 9. The third-order valence-electron chi connectivity index (χ3n) is 6.42. The van der Waals surface area contributed by atoms with Crippen molar-refractivity contribution >= 4 is 5.97 Å². The quantitative estimate of drug-likeness (QED) is 0.246. The lowest BCUT2D eigenvalue weighted by Crippen LogP contribution is -2.24. The van der Waals surface area contributed by atoms with E-state index >= 15 is 0 Å². The molecule has 3 atom stereocenters. The fourth-order valence-corrected chi connectivity index (χ4v) is 4.85. The summed E-state index contributed by atoms with van der Waals surface area (Å²) in [5.74, 6) is 2.91. The summed E-state index contributed by atoms with van der Waals surface area (Å²) in [5, 5.41) is 0. The van der Waals surface area contributed by atoms with Gasteiger partial charge in [0.25, 0.3) is 0 Å². The van der Waals surface area contributed by atoms with Gasteiger partial charge < -0.3 is 9.47 Å². The Morgan fingerprint density at radius 1 is 0.967 bits per heavy atom. The second-order valence-electron chi connectivity index (χ2n) is 8.64. The molecule has 0 radical (unpaired) electrons. The first kappa shape index (κ1) is 22.4. The molecule has 1 aliphatic carbocycles. The van der Waals surface area contributed by atoms with Crippen molar-refractivity contribution in [3.63, 3.8) is 0 Å². The molecule has 0 aromatic heterocycles. The topological polar surface area (TPSA) is 35.5 Å². The highest BCUT2D eigenvalue weighted by atomic mass is 16.5. The average molecular weight is 409 g/mol. The van der Waals surface area contributed by atoms with E-state index in [-0.39, 0.29) is 5.97 Å². The zero-order valence-electron chi connectivity index (χ0n) is 18.7. The normalized spacial score (nSPS) is 21.2. The molecule has 0 saturated heterocycles. The van der Waals surface area contributed by atoms with Gasteiger partial charge in [0.1, 0.15) is 11.5 Å². The molecule has 0 aliphatic heterocycles.